The van der Waals surface area contributed by atoms with Crippen molar-refractivity contribution < 1.29 is 17.2 Å². The minimum absolute atomic E-state index is 0.0375. The van der Waals surface area contributed by atoms with Crippen LogP contribution in [-0.4, -0.2) is 24.5 Å². The van der Waals surface area contributed by atoms with Crippen LogP contribution in [0.25, 0.3) is 11.0 Å². The Hall–Kier alpha value is -2.32. The summed E-state index contributed by atoms with van der Waals surface area (Å²) in [4.78, 5) is 4.57. The van der Waals surface area contributed by atoms with E-state index < -0.39 is 22.5 Å². The van der Waals surface area contributed by atoms with E-state index in [1.165, 1.54) is 0 Å². The first-order valence-electron chi connectivity index (χ1n) is 9.36. The fourth-order valence-corrected chi connectivity index (χ4v) is 5.34. The molecule has 1 N–H and O–H groups in total. The summed E-state index contributed by atoms with van der Waals surface area (Å²) < 4.78 is 56.8. The van der Waals surface area contributed by atoms with Crippen LogP contribution in [0.1, 0.15) is 47.5 Å². The van der Waals surface area contributed by atoms with E-state index in [9.17, 15) is 17.2 Å². The lowest BCUT2D eigenvalue weighted by atomic mass is 10.0. The zero-order valence-corrected chi connectivity index (χ0v) is 17.9. The van der Waals surface area contributed by atoms with Crippen LogP contribution in [-0.2, 0) is 10.0 Å². The minimum atomic E-state index is -3.81. The van der Waals surface area contributed by atoms with Crippen LogP contribution >= 0.6 is 0 Å². The van der Waals surface area contributed by atoms with Crippen LogP contribution in [0.5, 0.6) is 0 Å². The molecule has 0 saturated heterocycles. The zero-order valence-electron chi connectivity index (χ0n) is 17.1. The van der Waals surface area contributed by atoms with Gasteiger partial charge in [0.15, 0.2) is 0 Å². The number of nitrogens with one attached hydrogen (secondary N) is 1. The smallest absolute Gasteiger partial charge is 0.270 e. The molecule has 3 rings (SSSR count). The van der Waals surface area contributed by atoms with Gasteiger partial charge in [0.2, 0.25) is 10.0 Å². The van der Waals surface area contributed by atoms with Crippen molar-refractivity contribution in [3.8, 4) is 0 Å². The number of para-hydroxylation sites is 2. The van der Waals surface area contributed by atoms with Crippen molar-refractivity contribution in [3.63, 3.8) is 0 Å². The standard InChI is InChI=1S/C21H25F2N3O2S/c1-12-10-13(2)16(5)19(15(12)4)29(27,28)24-11-14(3)20-25-17-8-6-7-9-18(17)26(20)21(22)23/h6-10,14,21,24H,11H2,1-5H3/t14-/m1/s1. The molecule has 3 aromatic rings. The first-order valence-corrected chi connectivity index (χ1v) is 10.8. The van der Waals surface area contributed by atoms with Crippen molar-refractivity contribution in [2.45, 2.75) is 52.0 Å². The van der Waals surface area contributed by atoms with Gasteiger partial charge in [-0.3, -0.25) is 4.57 Å². The van der Waals surface area contributed by atoms with Crippen LogP contribution in [0.3, 0.4) is 0 Å². The van der Waals surface area contributed by atoms with Crippen molar-refractivity contribution >= 4 is 21.1 Å². The average molecular weight is 422 g/mol. The molecule has 0 bridgehead atoms. The predicted molar refractivity (Wildman–Crippen MR) is 110 cm³/mol. The van der Waals surface area contributed by atoms with Crippen molar-refractivity contribution in [1.82, 2.24) is 14.3 Å². The number of rotatable bonds is 6. The molecule has 1 heterocycles. The van der Waals surface area contributed by atoms with Gasteiger partial charge in [-0.15, -0.1) is 0 Å². The van der Waals surface area contributed by atoms with Crippen molar-refractivity contribution in [2.24, 2.45) is 0 Å². The molecule has 5 nitrogen and oxygen atoms in total. The molecule has 0 radical (unpaired) electrons. The summed E-state index contributed by atoms with van der Waals surface area (Å²) in [5, 5.41) is 0. The van der Waals surface area contributed by atoms with Gasteiger partial charge in [-0.25, -0.2) is 18.1 Å². The van der Waals surface area contributed by atoms with Gasteiger partial charge in [0, 0.05) is 12.5 Å². The predicted octanol–water partition coefficient (Wildman–Crippen LogP) is 4.75. The Bertz CT molecular complexity index is 1140. The van der Waals surface area contributed by atoms with E-state index in [0.717, 1.165) is 15.7 Å². The lowest BCUT2D eigenvalue weighted by Crippen LogP contribution is -2.30. The van der Waals surface area contributed by atoms with E-state index in [1.54, 1.807) is 45.0 Å². The number of benzene rings is 2. The monoisotopic (exact) mass is 421 g/mol. The van der Waals surface area contributed by atoms with E-state index in [1.807, 2.05) is 19.9 Å². The number of hydrogen-bond donors (Lipinski definition) is 1. The highest BCUT2D eigenvalue weighted by Gasteiger charge is 2.26. The Balaban J connectivity index is 1.93. The van der Waals surface area contributed by atoms with E-state index in [-0.39, 0.29) is 17.3 Å². The molecule has 0 aliphatic rings. The van der Waals surface area contributed by atoms with Crippen LogP contribution in [0.15, 0.2) is 35.2 Å². The maximum atomic E-state index is 13.7. The molecule has 29 heavy (non-hydrogen) atoms. The third kappa shape index (κ3) is 3.91. The van der Waals surface area contributed by atoms with Gasteiger partial charge in [0.05, 0.1) is 15.9 Å². The number of imidazole rings is 1. The van der Waals surface area contributed by atoms with Crippen LogP contribution < -0.4 is 4.72 Å². The summed E-state index contributed by atoms with van der Waals surface area (Å²) in [5.74, 6) is -0.393. The van der Waals surface area contributed by atoms with E-state index in [4.69, 9.17) is 0 Å². The third-order valence-electron chi connectivity index (χ3n) is 5.40. The number of hydrogen-bond acceptors (Lipinski definition) is 3. The second-order valence-electron chi connectivity index (χ2n) is 7.45. The normalized spacial score (nSPS) is 13.4. The Morgan fingerprint density at radius 3 is 2.24 bits per heavy atom. The van der Waals surface area contributed by atoms with Crippen LogP contribution in [0, 0.1) is 27.7 Å². The van der Waals surface area contributed by atoms with Crippen molar-refractivity contribution in [2.75, 3.05) is 6.54 Å². The summed E-state index contributed by atoms with van der Waals surface area (Å²) in [6.45, 7) is 6.17. The molecule has 156 valence electrons. The highest BCUT2D eigenvalue weighted by molar-refractivity contribution is 7.89. The van der Waals surface area contributed by atoms with Crippen LogP contribution in [0.2, 0.25) is 0 Å². The van der Waals surface area contributed by atoms with E-state index >= 15 is 0 Å². The Labute approximate surface area is 169 Å². The van der Waals surface area contributed by atoms with Gasteiger partial charge < -0.3 is 0 Å². The Morgan fingerprint density at radius 2 is 1.66 bits per heavy atom. The molecule has 0 unspecified atom stereocenters. The van der Waals surface area contributed by atoms with Crippen LogP contribution in [0.4, 0.5) is 8.78 Å². The SMILES string of the molecule is Cc1cc(C)c(C)c(S(=O)(=O)NC[C@@H](C)c2nc3ccccc3n2C(F)F)c1C. The highest BCUT2D eigenvalue weighted by atomic mass is 32.2. The van der Waals surface area contributed by atoms with Crippen molar-refractivity contribution in [3.05, 3.63) is 58.4 Å². The Morgan fingerprint density at radius 1 is 1.07 bits per heavy atom. The van der Waals surface area contributed by atoms with E-state index in [2.05, 4.69) is 9.71 Å². The minimum Gasteiger partial charge on any atom is -0.270 e. The summed E-state index contributed by atoms with van der Waals surface area (Å²) in [6, 6.07) is 8.60. The molecule has 8 heteroatoms. The van der Waals surface area contributed by atoms with Crippen molar-refractivity contribution in [1.29, 1.82) is 0 Å². The molecule has 0 amide bonds. The molecular weight excluding hydrogens is 396 g/mol. The summed E-state index contributed by atoms with van der Waals surface area (Å²) >= 11 is 0. The number of fused-ring (bicyclic) bond motifs is 1. The molecule has 0 saturated carbocycles. The Kier molecular flexibility index (Phi) is 5.78. The zero-order chi connectivity index (χ0) is 21.5. The number of halogens is 2. The van der Waals surface area contributed by atoms with Gasteiger partial charge in [0.25, 0.3) is 0 Å². The largest absolute Gasteiger partial charge is 0.320 e. The number of aryl methyl sites for hydroxylation is 2. The average Bonchev–Trinajstić information content (AvgIpc) is 3.04. The van der Waals surface area contributed by atoms with E-state index in [0.29, 0.717) is 22.2 Å². The number of alkyl halides is 2. The lowest BCUT2D eigenvalue weighted by Gasteiger charge is -2.18. The number of nitrogens with zero attached hydrogens (tertiary/aromatic N) is 2. The van der Waals surface area contributed by atoms with Gasteiger partial charge in [0.1, 0.15) is 5.82 Å². The molecule has 1 aromatic heterocycles. The lowest BCUT2D eigenvalue weighted by molar-refractivity contribution is 0.0705. The fraction of sp³-hybridized carbons (Fsp3) is 0.381. The first kappa shape index (κ1) is 21.4. The van der Waals surface area contributed by atoms with Gasteiger partial charge in [-0.05, 0) is 62.1 Å². The maximum Gasteiger partial charge on any atom is 0.320 e. The molecule has 1 atom stereocenters. The number of sulfonamides is 1. The maximum absolute atomic E-state index is 13.7. The quantitative estimate of drug-likeness (QED) is 0.625. The molecular formula is C21H25F2N3O2S. The molecule has 2 aromatic carbocycles. The topological polar surface area (TPSA) is 64.0 Å². The highest BCUT2D eigenvalue weighted by Crippen LogP contribution is 2.29. The molecule has 0 aliphatic carbocycles. The summed E-state index contributed by atoms with van der Waals surface area (Å²) in [5.41, 5.74) is 3.94. The summed E-state index contributed by atoms with van der Waals surface area (Å²) in [6.07, 6.45) is 0. The molecule has 0 spiro atoms. The van der Waals surface area contributed by atoms with Gasteiger partial charge in [-0.2, -0.15) is 8.78 Å². The third-order valence-corrected chi connectivity index (χ3v) is 7.10. The summed E-state index contributed by atoms with van der Waals surface area (Å²) in [7, 11) is -3.81. The second kappa shape index (κ2) is 7.84. The second-order valence-corrected chi connectivity index (χ2v) is 9.15. The first-order chi connectivity index (χ1) is 13.5. The fourth-order valence-electron chi connectivity index (χ4n) is 3.60. The number of aromatic nitrogens is 2. The molecule has 0 fully saturated rings. The molecule has 0 aliphatic heterocycles. The van der Waals surface area contributed by atoms with Gasteiger partial charge >= 0.3 is 6.55 Å². The van der Waals surface area contributed by atoms with Gasteiger partial charge in [-0.1, -0.05) is 25.1 Å².